The third kappa shape index (κ3) is 5.68. The third-order valence-corrected chi connectivity index (χ3v) is 7.98. The standard InChI is InChI=1S/C27H33BrN4O4/c28-24-13-20-15-32(21-6-4-18(17-33)5-7-21)30-25(20)14-26(24)31-9-8-23(16-31)36-11-10-35-22-3-1-2-19(12-22)27(29)34/h1-3,12-15,18,21,23,33H,4-11,16-17H2,(H2,29,34)/t18-,21-,23-/m0/s1. The molecule has 0 unspecified atom stereocenters. The minimum absolute atomic E-state index is 0.132. The molecule has 192 valence electrons. The van der Waals surface area contributed by atoms with Gasteiger partial charge in [-0.1, -0.05) is 6.07 Å². The Kier molecular flexibility index (Phi) is 7.79. The fourth-order valence-corrected chi connectivity index (χ4v) is 5.88. The SMILES string of the molecule is NC(=O)c1cccc(OCCO[C@H]2CCN(c3cc4nn([C@H]5CC[C@H](CO)CC5)cc4cc3Br)C2)c1. The zero-order chi connectivity index (χ0) is 25.1. The number of carbonyl (C=O) groups excluding carboxylic acids is 1. The molecule has 1 atom stereocenters. The van der Waals surface area contributed by atoms with Crippen LogP contribution in [0.5, 0.6) is 5.75 Å². The van der Waals surface area contributed by atoms with Crippen molar-refractivity contribution in [1.82, 2.24) is 9.78 Å². The zero-order valence-electron chi connectivity index (χ0n) is 20.3. The van der Waals surface area contributed by atoms with Gasteiger partial charge in [-0.25, -0.2) is 0 Å². The van der Waals surface area contributed by atoms with Gasteiger partial charge in [-0.3, -0.25) is 9.48 Å². The number of anilines is 1. The molecular formula is C27H33BrN4O4. The zero-order valence-corrected chi connectivity index (χ0v) is 21.9. The van der Waals surface area contributed by atoms with Crippen LogP contribution in [0.2, 0.25) is 0 Å². The topological polar surface area (TPSA) is 103 Å². The summed E-state index contributed by atoms with van der Waals surface area (Å²) in [5.74, 6) is 0.585. The normalized spacial score (nSPS) is 22.3. The van der Waals surface area contributed by atoms with Crippen LogP contribution in [0.4, 0.5) is 5.69 Å². The molecule has 1 saturated heterocycles. The first-order valence-corrected chi connectivity index (χ1v) is 13.5. The van der Waals surface area contributed by atoms with Crippen molar-refractivity contribution in [2.75, 3.05) is 37.8 Å². The molecule has 9 heteroatoms. The van der Waals surface area contributed by atoms with Crippen molar-refractivity contribution in [2.24, 2.45) is 11.7 Å². The number of fused-ring (bicyclic) bond motifs is 1. The van der Waals surface area contributed by atoms with E-state index in [2.05, 4.69) is 43.8 Å². The number of rotatable bonds is 9. The lowest BCUT2D eigenvalue weighted by Gasteiger charge is -2.27. The number of ether oxygens (including phenoxy) is 2. The summed E-state index contributed by atoms with van der Waals surface area (Å²) in [5.41, 5.74) is 7.91. The lowest BCUT2D eigenvalue weighted by Crippen LogP contribution is -2.24. The number of amides is 1. The van der Waals surface area contributed by atoms with Crippen molar-refractivity contribution in [3.63, 3.8) is 0 Å². The van der Waals surface area contributed by atoms with Crippen LogP contribution >= 0.6 is 15.9 Å². The monoisotopic (exact) mass is 556 g/mol. The number of halogens is 1. The van der Waals surface area contributed by atoms with Gasteiger partial charge in [-0.15, -0.1) is 0 Å². The van der Waals surface area contributed by atoms with Crippen LogP contribution in [0, 0.1) is 5.92 Å². The predicted molar refractivity (Wildman–Crippen MR) is 143 cm³/mol. The molecule has 0 spiro atoms. The van der Waals surface area contributed by atoms with Gasteiger partial charge in [0.25, 0.3) is 0 Å². The van der Waals surface area contributed by atoms with Gasteiger partial charge in [0, 0.05) is 41.3 Å². The summed E-state index contributed by atoms with van der Waals surface area (Å²) in [6.45, 7) is 2.91. The molecule has 2 heterocycles. The average molecular weight is 557 g/mol. The van der Waals surface area contributed by atoms with Gasteiger partial charge < -0.3 is 25.2 Å². The number of hydrogen-bond acceptors (Lipinski definition) is 6. The second kappa shape index (κ2) is 11.2. The van der Waals surface area contributed by atoms with Crippen molar-refractivity contribution in [3.8, 4) is 5.75 Å². The third-order valence-electron chi connectivity index (χ3n) is 7.35. The van der Waals surface area contributed by atoms with Gasteiger partial charge in [0.05, 0.1) is 30.0 Å². The van der Waals surface area contributed by atoms with E-state index in [9.17, 15) is 9.90 Å². The van der Waals surface area contributed by atoms with Crippen molar-refractivity contribution in [2.45, 2.75) is 44.2 Å². The van der Waals surface area contributed by atoms with Crippen molar-refractivity contribution < 1.29 is 19.4 Å². The lowest BCUT2D eigenvalue weighted by atomic mass is 9.87. The smallest absolute Gasteiger partial charge is 0.248 e. The van der Waals surface area contributed by atoms with Crippen LogP contribution in [0.1, 0.15) is 48.5 Å². The van der Waals surface area contributed by atoms with E-state index >= 15 is 0 Å². The molecule has 0 bridgehead atoms. The van der Waals surface area contributed by atoms with Gasteiger partial charge in [0.2, 0.25) is 5.91 Å². The fraction of sp³-hybridized carbons (Fsp3) is 0.481. The Balaban J connectivity index is 1.15. The number of benzene rings is 2. The number of aromatic nitrogens is 2. The Morgan fingerprint density at radius 2 is 1.97 bits per heavy atom. The van der Waals surface area contributed by atoms with Crippen LogP contribution in [-0.4, -0.2) is 59.8 Å². The van der Waals surface area contributed by atoms with Gasteiger partial charge in [-0.2, -0.15) is 5.10 Å². The maximum atomic E-state index is 11.3. The molecule has 2 fully saturated rings. The Morgan fingerprint density at radius 3 is 2.75 bits per heavy atom. The largest absolute Gasteiger partial charge is 0.491 e. The number of aliphatic hydroxyl groups is 1. The first-order valence-electron chi connectivity index (χ1n) is 12.7. The highest BCUT2D eigenvalue weighted by atomic mass is 79.9. The van der Waals surface area contributed by atoms with E-state index in [4.69, 9.17) is 20.3 Å². The minimum atomic E-state index is -0.468. The maximum Gasteiger partial charge on any atom is 0.248 e. The average Bonchev–Trinajstić information content (AvgIpc) is 3.53. The summed E-state index contributed by atoms with van der Waals surface area (Å²) in [4.78, 5) is 13.7. The second-order valence-corrected chi connectivity index (χ2v) is 10.7. The van der Waals surface area contributed by atoms with E-state index in [1.54, 1.807) is 24.3 Å². The quantitative estimate of drug-likeness (QED) is 0.381. The van der Waals surface area contributed by atoms with Gasteiger partial charge in [0.15, 0.2) is 0 Å². The van der Waals surface area contributed by atoms with Crippen LogP contribution in [0.3, 0.4) is 0 Å². The first-order chi connectivity index (χ1) is 17.5. The van der Waals surface area contributed by atoms with Crippen molar-refractivity contribution in [3.05, 3.63) is 52.6 Å². The van der Waals surface area contributed by atoms with Crippen LogP contribution in [0.15, 0.2) is 47.1 Å². The number of primary amides is 1. The fourth-order valence-electron chi connectivity index (χ4n) is 5.27. The van der Waals surface area contributed by atoms with E-state index < -0.39 is 5.91 Å². The van der Waals surface area contributed by atoms with Gasteiger partial charge in [-0.05, 0) is 84.3 Å². The van der Waals surface area contributed by atoms with Gasteiger partial charge >= 0.3 is 0 Å². The summed E-state index contributed by atoms with van der Waals surface area (Å²) in [6.07, 6.45) is 7.50. The molecule has 1 amide bonds. The molecule has 3 N–H and O–H groups in total. The number of aliphatic hydroxyl groups excluding tert-OH is 1. The highest BCUT2D eigenvalue weighted by Gasteiger charge is 2.26. The number of nitrogens with two attached hydrogens (primary N) is 1. The highest BCUT2D eigenvalue weighted by Crippen LogP contribution is 2.36. The molecule has 3 aromatic rings. The highest BCUT2D eigenvalue weighted by molar-refractivity contribution is 9.10. The molecule has 8 nitrogen and oxygen atoms in total. The summed E-state index contributed by atoms with van der Waals surface area (Å²) in [7, 11) is 0. The van der Waals surface area contributed by atoms with E-state index in [0.717, 1.165) is 66.3 Å². The molecule has 1 saturated carbocycles. The maximum absolute atomic E-state index is 11.3. The molecule has 2 aliphatic rings. The summed E-state index contributed by atoms with van der Waals surface area (Å²) in [6, 6.07) is 11.6. The Hall–Kier alpha value is -2.62. The van der Waals surface area contributed by atoms with Gasteiger partial charge in [0.1, 0.15) is 12.4 Å². The Morgan fingerprint density at radius 1 is 1.14 bits per heavy atom. The summed E-state index contributed by atoms with van der Waals surface area (Å²) in [5, 5.41) is 15.5. The van der Waals surface area contributed by atoms with Crippen molar-refractivity contribution >= 4 is 38.4 Å². The number of nitrogens with zero attached hydrogens (tertiary/aromatic N) is 3. The molecule has 1 aromatic heterocycles. The Labute approximate surface area is 219 Å². The predicted octanol–water partition coefficient (Wildman–Crippen LogP) is 4.30. The van der Waals surface area contributed by atoms with E-state index in [0.29, 0.717) is 43.1 Å². The van der Waals surface area contributed by atoms with Crippen LogP contribution in [0.25, 0.3) is 10.9 Å². The summed E-state index contributed by atoms with van der Waals surface area (Å²) < 4.78 is 15.0. The molecule has 0 radical (unpaired) electrons. The number of hydrogen-bond donors (Lipinski definition) is 2. The molecule has 36 heavy (non-hydrogen) atoms. The first kappa shape index (κ1) is 25.0. The van der Waals surface area contributed by atoms with E-state index in [1.165, 1.54) is 0 Å². The molecule has 2 aromatic carbocycles. The molecule has 1 aliphatic heterocycles. The van der Waals surface area contributed by atoms with E-state index in [1.807, 2.05) is 0 Å². The minimum Gasteiger partial charge on any atom is -0.491 e. The van der Waals surface area contributed by atoms with E-state index in [-0.39, 0.29) is 6.10 Å². The molecule has 1 aliphatic carbocycles. The van der Waals surface area contributed by atoms with Crippen molar-refractivity contribution in [1.29, 1.82) is 0 Å². The van der Waals surface area contributed by atoms with Crippen LogP contribution in [-0.2, 0) is 4.74 Å². The number of carbonyl (C=O) groups is 1. The lowest BCUT2D eigenvalue weighted by molar-refractivity contribution is 0.0465. The second-order valence-electron chi connectivity index (χ2n) is 9.80. The Bertz CT molecular complexity index is 1210. The molecule has 5 rings (SSSR count). The molecular weight excluding hydrogens is 524 g/mol. The van der Waals surface area contributed by atoms with Crippen LogP contribution < -0.4 is 15.4 Å². The summed E-state index contributed by atoms with van der Waals surface area (Å²) >= 11 is 3.78.